The molecule has 2 unspecified atom stereocenters. The molecule has 1 heterocycles. The summed E-state index contributed by atoms with van der Waals surface area (Å²) in [6, 6.07) is 0.0959. The Kier molecular flexibility index (Phi) is 5.61. The minimum atomic E-state index is -4.55. The Hall–Kier alpha value is -0.400. The molecule has 3 nitrogen and oxygen atoms in total. The second kappa shape index (κ2) is 6.51. The summed E-state index contributed by atoms with van der Waals surface area (Å²) < 4.78 is 51.5. The van der Waals surface area contributed by atoms with Crippen molar-refractivity contribution in [2.24, 2.45) is 0 Å². The van der Waals surface area contributed by atoms with E-state index in [1.54, 1.807) is 7.05 Å². The van der Waals surface area contributed by atoms with Crippen molar-refractivity contribution in [3.63, 3.8) is 0 Å². The van der Waals surface area contributed by atoms with E-state index in [9.17, 15) is 17.6 Å². The molecule has 0 saturated carbocycles. The topological polar surface area (TPSA) is 24.5 Å². The Morgan fingerprint density at radius 2 is 2.12 bits per heavy atom. The molecule has 1 aliphatic heterocycles. The highest BCUT2D eigenvalue weighted by Gasteiger charge is 2.28. The van der Waals surface area contributed by atoms with Gasteiger partial charge in [0.15, 0.2) is 0 Å². The summed E-state index contributed by atoms with van der Waals surface area (Å²) in [5, 5.41) is 3.02. The van der Waals surface area contributed by atoms with Gasteiger partial charge in [0.25, 0.3) is 0 Å². The van der Waals surface area contributed by atoms with Crippen LogP contribution in [0.15, 0.2) is 0 Å². The number of rotatable bonds is 6. The summed E-state index contributed by atoms with van der Waals surface area (Å²) in [7, 11) is 1.81. The summed E-state index contributed by atoms with van der Waals surface area (Å²) in [5.41, 5.74) is 0. The van der Waals surface area contributed by atoms with E-state index >= 15 is 0 Å². The molecule has 0 aromatic carbocycles. The first-order valence-electron chi connectivity index (χ1n) is 5.63. The van der Waals surface area contributed by atoms with Crippen molar-refractivity contribution in [2.45, 2.75) is 31.4 Å². The van der Waals surface area contributed by atoms with Crippen LogP contribution in [-0.4, -0.2) is 56.8 Å². The lowest BCUT2D eigenvalue weighted by molar-refractivity contribution is -0.324. The molecule has 7 heteroatoms. The van der Waals surface area contributed by atoms with Gasteiger partial charge >= 0.3 is 6.36 Å². The predicted octanol–water partition coefficient (Wildman–Crippen LogP) is 1.54. The summed E-state index contributed by atoms with van der Waals surface area (Å²) in [6.07, 6.45) is -4.57. The van der Waals surface area contributed by atoms with E-state index in [0.29, 0.717) is 32.5 Å². The molecular weight excluding hydrogens is 240 g/mol. The first-order valence-corrected chi connectivity index (χ1v) is 5.63. The van der Waals surface area contributed by atoms with E-state index in [0.717, 1.165) is 0 Å². The van der Waals surface area contributed by atoms with Gasteiger partial charge in [0.05, 0.1) is 6.61 Å². The van der Waals surface area contributed by atoms with E-state index in [4.69, 9.17) is 0 Å². The van der Waals surface area contributed by atoms with Crippen molar-refractivity contribution in [2.75, 3.05) is 33.3 Å². The molecule has 1 rings (SSSR count). The lowest BCUT2D eigenvalue weighted by atomic mass is 10.2. The molecule has 0 spiro atoms. The third-order valence-corrected chi connectivity index (χ3v) is 2.65. The smallest absolute Gasteiger partial charge is 0.310 e. The van der Waals surface area contributed by atoms with Crippen LogP contribution in [0.3, 0.4) is 0 Å². The fourth-order valence-corrected chi connectivity index (χ4v) is 1.90. The van der Waals surface area contributed by atoms with Crippen LogP contribution >= 0.6 is 0 Å². The van der Waals surface area contributed by atoms with Crippen LogP contribution in [0.25, 0.3) is 0 Å². The number of likely N-dealkylation sites (N-methyl/N-ethyl adjacent to an activating group) is 1. The molecular formula is C10H18F4N2O. The quantitative estimate of drug-likeness (QED) is 0.578. The fraction of sp³-hybridized carbons (Fsp3) is 1.00. The number of nitrogens with zero attached hydrogens (tertiary/aromatic N) is 1. The summed E-state index contributed by atoms with van der Waals surface area (Å²) >= 11 is 0. The molecule has 102 valence electrons. The second-order valence-electron chi connectivity index (χ2n) is 4.35. The maximum atomic E-state index is 12.8. The third kappa shape index (κ3) is 6.80. The van der Waals surface area contributed by atoms with Crippen molar-refractivity contribution in [3.8, 4) is 0 Å². The molecule has 2 atom stereocenters. The van der Waals surface area contributed by atoms with Gasteiger partial charge in [0.1, 0.15) is 6.17 Å². The first kappa shape index (κ1) is 14.7. The molecule has 17 heavy (non-hydrogen) atoms. The molecule has 1 saturated heterocycles. The van der Waals surface area contributed by atoms with Gasteiger partial charge in [0, 0.05) is 25.7 Å². The van der Waals surface area contributed by atoms with E-state index < -0.39 is 12.5 Å². The van der Waals surface area contributed by atoms with E-state index in [-0.39, 0.29) is 12.6 Å². The monoisotopic (exact) mass is 258 g/mol. The van der Waals surface area contributed by atoms with Crippen LogP contribution in [0.2, 0.25) is 0 Å². The zero-order chi connectivity index (χ0) is 12.9. The number of nitrogens with one attached hydrogen (secondary N) is 1. The summed E-state index contributed by atoms with van der Waals surface area (Å²) in [5.74, 6) is 0. The van der Waals surface area contributed by atoms with Gasteiger partial charge in [-0.25, -0.2) is 4.39 Å². The summed E-state index contributed by atoms with van der Waals surface area (Å²) in [6.45, 7) is 1.19. The highest BCUT2D eigenvalue weighted by Crippen LogP contribution is 2.16. The Bertz CT molecular complexity index is 225. The van der Waals surface area contributed by atoms with E-state index in [1.165, 1.54) is 0 Å². The molecule has 0 radical (unpaired) electrons. The molecule has 0 aliphatic carbocycles. The molecule has 1 fully saturated rings. The number of hydrogen-bond donors (Lipinski definition) is 1. The largest absolute Gasteiger partial charge is 0.522 e. The van der Waals surface area contributed by atoms with Crippen molar-refractivity contribution < 1.29 is 22.3 Å². The minimum absolute atomic E-state index is 0.0959. The van der Waals surface area contributed by atoms with Crippen molar-refractivity contribution in [1.29, 1.82) is 0 Å². The highest BCUT2D eigenvalue weighted by molar-refractivity contribution is 4.83. The first-order chi connectivity index (χ1) is 7.87. The second-order valence-corrected chi connectivity index (χ2v) is 4.35. The Labute approximate surface area is 98.1 Å². The van der Waals surface area contributed by atoms with Crippen LogP contribution in [0.4, 0.5) is 17.6 Å². The fourth-order valence-electron chi connectivity index (χ4n) is 1.90. The van der Waals surface area contributed by atoms with Crippen molar-refractivity contribution in [1.82, 2.24) is 10.2 Å². The summed E-state index contributed by atoms with van der Waals surface area (Å²) in [4.78, 5) is 1.88. The number of halogens is 4. The number of ether oxygens (including phenoxy) is 1. The minimum Gasteiger partial charge on any atom is -0.310 e. The predicted molar refractivity (Wildman–Crippen MR) is 55.4 cm³/mol. The van der Waals surface area contributed by atoms with Gasteiger partial charge in [0.2, 0.25) is 0 Å². The lowest BCUT2D eigenvalue weighted by Gasteiger charge is -2.20. The number of hydrogen-bond acceptors (Lipinski definition) is 3. The van der Waals surface area contributed by atoms with Crippen LogP contribution in [0, 0.1) is 0 Å². The van der Waals surface area contributed by atoms with Gasteiger partial charge in [-0.05, 0) is 19.9 Å². The lowest BCUT2D eigenvalue weighted by Crippen LogP contribution is -2.36. The van der Waals surface area contributed by atoms with Gasteiger partial charge < -0.3 is 10.2 Å². The molecule has 1 N–H and O–H groups in total. The number of alkyl halides is 4. The normalized spacial score (nSPS) is 25.8. The molecule has 0 aromatic rings. The Morgan fingerprint density at radius 1 is 1.41 bits per heavy atom. The van der Waals surface area contributed by atoms with Gasteiger partial charge in [-0.1, -0.05) is 0 Å². The van der Waals surface area contributed by atoms with E-state index in [1.807, 2.05) is 4.90 Å². The molecule has 0 aromatic heterocycles. The molecule has 0 amide bonds. The van der Waals surface area contributed by atoms with Crippen LogP contribution in [-0.2, 0) is 4.74 Å². The SMILES string of the molecule is CN(CCCOC(F)(F)F)CC1CC(F)CN1. The third-order valence-electron chi connectivity index (χ3n) is 2.65. The zero-order valence-corrected chi connectivity index (χ0v) is 9.76. The van der Waals surface area contributed by atoms with Gasteiger partial charge in [-0.15, -0.1) is 13.2 Å². The maximum Gasteiger partial charge on any atom is 0.522 e. The Morgan fingerprint density at radius 3 is 2.65 bits per heavy atom. The van der Waals surface area contributed by atoms with Crippen LogP contribution < -0.4 is 5.32 Å². The average Bonchev–Trinajstić information content (AvgIpc) is 2.57. The van der Waals surface area contributed by atoms with E-state index in [2.05, 4.69) is 10.1 Å². The highest BCUT2D eigenvalue weighted by atomic mass is 19.4. The van der Waals surface area contributed by atoms with Crippen molar-refractivity contribution >= 4 is 0 Å². The van der Waals surface area contributed by atoms with Gasteiger partial charge in [-0.3, -0.25) is 4.74 Å². The van der Waals surface area contributed by atoms with Gasteiger partial charge in [-0.2, -0.15) is 0 Å². The Balaban J connectivity index is 2.03. The standard InChI is InChI=1S/C10H18F4N2O/c1-16(3-2-4-17-10(12,13)14)7-9-5-8(11)6-15-9/h8-9,15H,2-7H2,1H3. The zero-order valence-electron chi connectivity index (χ0n) is 9.76. The maximum absolute atomic E-state index is 12.8. The molecule has 1 aliphatic rings. The van der Waals surface area contributed by atoms with Crippen LogP contribution in [0.5, 0.6) is 0 Å². The van der Waals surface area contributed by atoms with Crippen LogP contribution in [0.1, 0.15) is 12.8 Å². The van der Waals surface area contributed by atoms with Crippen molar-refractivity contribution in [3.05, 3.63) is 0 Å². The average molecular weight is 258 g/mol. The molecule has 0 bridgehead atoms.